The lowest BCUT2D eigenvalue weighted by molar-refractivity contribution is -0.158. The summed E-state index contributed by atoms with van der Waals surface area (Å²) in [7, 11) is 0. The summed E-state index contributed by atoms with van der Waals surface area (Å²) in [6, 6.07) is 0. The summed E-state index contributed by atoms with van der Waals surface area (Å²) >= 11 is 0. The fraction of sp³-hybridized carbons (Fsp3) is 1.00. The van der Waals surface area contributed by atoms with Crippen LogP contribution < -0.4 is 0 Å². The molecule has 0 N–H and O–H groups in total. The molecule has 2 atom stereocenters. The molecule has 1 aliphatic rings. The van der Waals surface area contributed by atoms with Crippen LogP contribution in [0.1, 0.15) is 27.7 Å². The van der Waals surface area contributed by atoms with Crippen LogP contribution in [0.2, 0.25) is 0 Å². The standard InChI is InChI=1S/C9H18O2/c1-7-5-11-8(6-10-7)9(2,3)4/h7-8H,5-6H2,1-4H3. The Labute approximate surface area is 68.9 Å². The lowest BCUT2D eigenvalue weighted by Gasteiger charge is -2.35. The predicted molar refractivity (Wildman–Crippen MR) is 44.6 cm³/mol. The molecule has 1 saturated heterocycles. The third kappa shape index (κ3) is 2.46. The summed E-state index contributed by atoms with van der Waals surface area (Å²) < 4.78 is 11.1. The van der Waals surface area contributed by atoms with Gasteiger partial charge in [-0.2, -0.15) is 0 Å². The maximum Gasteiger partial charge on any atom is 0.0858 e. The Morgan fingerprint density at radius 1 is 1.09 bits per heavy atom. The van der Waals surface area contributed by atoms with Crippen molar-refractivity contribution in [3.05, 3.63) is 0 Å². The van der Waals surface area contributed by atoms with Crippen molar-refractivity contribution in [1.29, 1.82) is 0 Å². The van der Waals surface area contributed by atoms with E-state index in [2.05, 4.69) is 20.8 Å². The summed E-state index contributed by atoms with van der Waals surface area (Å²) in [6.45, 7) is 10.1. The van der Waals surface area contributed by atoms with E-state index in [1.54, 1.807) is 0 Å². The largest absolute Gasteiger partial charge is 0.373 e. The monoisotopic (exact) mass is 158 g/mol. The smallest absolute Gasteiger partial charge is 0.0858 e. The van der Waals surface area contributed by atoms with Gasteiger partial charge in [-0.1, -0.05) is 20.8 Å². The molecule has 2 unspecified atom stereocenters. The Bertz CT molecular complexity index is 118. The molecule has 1 heterocycles. The van der Waals surface area contributed by atoms with Crippen LogP contribution in [0.4, 0.5) is 0 Å². The Balaban J connectivity index is 2.39. The van der Waals surface area contributed by atoms with Crippen LogP contribution in [0.25, 0.3) is 0 Å². The number of hydrogen-bond acceptors (Lipinski definition) is 2. The molecule has 0 saturated carbocycles. The van der Waals surface area contributed by atoms with E-state index in [-0.39, 0.29) is 17.6 Å². The third-order valence-corrected chi connectivity index (χ3v) is 2.03. The van der Waals surface area contributed by atoms with Crippen molar-refractivity contribution in [2.45, 2.75) is 39.9 Å². The molecule has 0 spiro atoms. The molecule has 1 rings (SSSR count). The quantitative estimate of drug-likeness (QED) is 0.535. The van der Waals surface area contributed by atoms with Crippen molar-refractivity contribution in [2.24, 2.45) is 5.41 Å². The highest BCUT2D eigenvalue weighted by Gasteiger charge is 2.29. The summed E-state index contributed by atoms with van der Waals surface area (Å²) in [5.41, 5.74) is 0.208. The van der Waals surface area contributed by atoms with Crippen LogP contribution in [0.15, 0.2) is 0 Å². The maximum atomic E-state index is 5.63. The molecular weight excluding hydrogens is 140 g/mol. The summed E-state index contributed by atoms with van der Waals surface area (Å²) in [5.74, 6) is 0. The van der Waals surface area contributed by atoms with Crippen LogP contribution in [-0.4, -0.2) is 25.4 Å². The molecule has 2 heteroatoms. The zero-order valence-corrected chi connectivity index (χ0v) is 7.89. The van der Waals surface area contributed by atoms with Gasteiger partial charge in [0.2, 0.25) is 0 Å². The number of rotatable bonds is 0. The molecular formula is C9H18O2. The van der Waals surface area contributed by atoms with Gasteiger partial charge in [-0.05, 0) is 12.3 Å². The summed E-state index contributed by atoms with van der Waals surface area (Å²) in [6.07, 6.45) is 0.535. The Hall–Kier alpha value is -0.0800. The van der Waals surface area contributed by atoms with Gasteiger partial charge in [0, 0.05) is 0 Å². The molecule has 0 radical (unpaired) electrons. The van der Waals surface area contributed by atoms with Gasteiger partial charge >= 0.3 is 0 Å². The molecule has 2 nitrogen and oxygen atoms in total. The van der Waals surface area contributed by atoms with Gasteiger partial charge in [0.15, 0.2) is 0 Å². The minimum atomic E-state index is 0.208. The van der Waals surface area contributed by atoms with Gasteiger partial charge in [0.1, 0.15) is 0 Å². The first-order chi connectivity index (χ1) is 5.00. The molecule has 11 heavy (non-hydrogen) atoms. The molecule has 0 aromatic carbocycles. The third-order valence-electron chi connectivity index (χ3n) is 2.03. The van der Waals surface area contributed by atoms with Crippen molar-refractivity contribution in [1.82, 2.24) is 0 Å². The van der Waals surface area contributed by atoms with Gasteiger partial charge in [-0.3, -0.25) is 0 Å². The Morgan fingerprint density at radius 3 is 2.09 bits per heavy atom. The molecule has 0 bridgehead atoms. The van der Waals surface area contributed by atoms with E-state index in [0.717, 1.165) is 13.2 Å². The Kier molecular flexibility index (Phi) is 2.55. The zero-order valence-electron chi connectivity index (χ0n) is 7.89. The zero-order chi connectivity index (χ0) is 8.48. The van der Waals surface area contributed by atoms with Gasteiger partial charge in [-0.25, -0.2) is 0 Å². The normalized spacial score (nSPS) is 33.8. The predicted octanol–water partition coefficient (Wildman–Crippen LogP) is 1.84. The molecule has 0 aromatic rings. The minimum absolute atomic E-state index is 0.208. The van der Waals surface area contributed by atoms with Crippen LogP contribution in [0.3, 0.4) is 0 Å². The topological polar surface area (TPSA) is 18.5 Å². The van der Waals surface area contributed by atoms with E-state index >= 15 is 0 Å². The molecule has 0 aromatic heterocycles. The van der Waals surface area contributed by atoms with E-state index in [9.17, 15) is 0 Å². The SMILES string of the molecule is CC1COC(C(C)(C)C)CO1. The van der Waals surface area contributed by atoms with E-state index in [1.165, 1.54) is 0 Å². The number of ether oxygens (including phenoxy) is 2. The first-order valence-electron chi connectivity index (χ1n) is 4.23. The van der Waals surface area contributed by atoms with E-state index in [1.807, 2.05) is 6.92 Å². The number of hydrogen-bond donors (Lipinski definition) is 0. The lowest BCUT2D eigenvalue weighted by Crippen LogP contribution is -2.41. The van der Waals surface area contributed by atoms with Gasteiger partial charge in [0.25, 0.3) is 0 Å². The van der Waals surface area contributed by atoms with Crippen molar-refractivity contribution >= 4 is 0 Å². The molecule has 1 fully saturated rings. The average Bonchev–Trinajstić information content (AvgIpc) is 1.86. The van der Waals surface area contributed by atoms with Crippen molar-refractivity contribution < 1.29 is 9.47 Å². The first-order valence-corrected chi connectivity index (χ1v) is 4.23. The molecule has 0 aliphatic carbocycles. The van der Waals surface area contributed by atoms with E-state index in [0.29, 0.717) is 0 Å². The average molecular weight is 158 g/mol. The van der Waals surface area contributed by atoms with E-state index in [4.69, 9.17) is 9.47 Å². The highest BCUT2D eigenvalue weighted by molar-refractivity contribution is 4.77. The van der Waals surface area contributed by atoms with Gasteiger partial charge in [-0.15, -0.1) is 0 Å². The first kappa shape index (κ1) is 9.01. The van der Waals surface area contributed by atoms with Crippen molar-refractivity contribution in [3.63, 3.8) is 0 Å². The second-order valence-corrected chi connectivity index (χ2v) is 4.33. The molecule has 66 valence electrons. The van der Waals surface area contributed by atoms with Crippen LogP contribution in [0.5, 0.6) is 0 Å². The fourth-order valence-electron chi connectivity index (χ4n) is 1.10. The summed E-state index contributed by atoms with van der Waals surface area (Å²) in [5, 5.41) is 0. The highest BCUT2D eigenvalue weighted by Crippen LogP contribution is 2.25. The molecule has 1 aliphatic heterocycles. The highest BCUT2D eigenvalue weighted by atomic mass is 16.6. The fourth-order valence-corrected chi connectivity index (χ4v) is 1.10. The second kappa shape index (κ2) is 3.11. The lowest BCUT2D eigenvalue weighted by atomic mass is 9.89. The second-order valence-electron chi connectivity index (χ2n) is 4.33. The van der Waals surface area contributed by atoms with Crippen LogP contribution in [0, 0.1) is 5.41 Å². The van der Waals surface area contributed by atoms with Gasteiger partial charge in [0.05, 0.1) is 25.4 Å². The van der Waals surface area contributed by atoms with Crippen molar-refractivity contribution in [2.75, 3.05) is 13.2 Å². The van der Waals surface area contributed by atoms with Crippen LogP contribution in [-0.2, 0) is 9.47 Å². The minimum Gasteiger partial charge on any atom is -0.373 e. The summed E-state index contributed by atoms with van der Waals surface area (Å²) in [4.78, 5) is 0. The van der Waals surface area contributed by atoms with Crippen LogP contribution >= 0.6 is 0 Å². The maximum absolute atomic E-state index is 5.63. The molecule has 0 amide bonds. The van der Waals surface area contributed by atoms with E-state index < -0.39 is 0 Å². The van der Waals surface area contributed by atoms with Crippen molar-refractivity contribution in [3.8, 4) is 0 Å². The Morgan fingerprint density at radius 2 is 1.73 bits per heavy atom. The van der Waals surface area contributed by atoms with Gasteiger partial charge < -0.3 is 9.47 Å².